The zero-order valence-corrected chi connectivity index (χ0v) is 16.0. The Morgan fingerprint density at radius 3 is 2.61 bits per heavy atom. The smallest absolute Gasteiger partial charge is 0.267 e. The summed E-state index contributed by atoms with van der Waals surface area (Å²) in [6, 6.07) is 11.4. The fraction of sp³-hybridized carbons (Fsp3) is 0.381. The van der Waals surface area contributed by atoms with E-state index in [1.807, 2.05) is 37.3 Å². The first-order valence-electron chi connectivity index (χ1n) is 9.48. The zero-order valence-electron chi connectivity index (χ0n) is 16.0. The SMILES string of the molecule is C[C@H](c1ccccc1)c1cc(C(N)=O)c(CC[C@H]2CNCCO2)c(C(N)=O)n1. The van der Waals surface area contributed by atoms with Gasteiger partial charge in [-0.15, -0.1) is 0 Å². The number of benzene rings is 1. The highest BCUT2D eigenvalue weighted by molar-refractivity contribution is 6.00. The fourth-order valence-electron chi connectivity index (χ4n) is 3.51. The van der Waals surface area contributed by atoms with Crippen LogP contribution in [0.3, 0.4) is 0 Å². The number of pyridine rings is 1. The molecule has 1 aromatic heterocycles. The highest BCUT2D eigenvalue weighted by Gasteiger charge is 2.23. The van der Waals surface area contributed by atoms with Crippen LogP contribution in [0.25, 0.3) is 0 Å². The molecule has 7 heteroatoms. The normalized spacial score (nSPS) is 17.8. The van der Waals surface area contributed by atoms with Gasteiger partial charge in [-0.05, 0) is 30.0 Å². The second-order valence-electron chi connectivity index (χ2n) is 7.02. The Morgan fingerprint density at radius 2 is 2.00 bits per heavy atom. The molecule has 1 fully saturated rings. The Morgan fingerprint density at radius 1 is 1.25 bits per heavy atom. The molecule has 2 amide bonds. The Bertz CT molecular complexity index is 813. The van der Waals surface area contributed by atoms with Crippen molar-refractivity contribution in [3.05, 3.63) is 64.5 Å². The summed E-state index contributed by atoms with van der Waals surface area (Å²) in [5.41, 5.74) is 13.8. The quantitative estimate of drug-likeness (QED) is 0.668. The Labute approximate surface area is 164 Å². The van der Waals surface area contributed by atoms with Crippen molar-refractivity contribution in [3.8, 4) is 0 Å². The van der Waals surface area contributed by atoms with E-state index in [0.29, 0.717) is 36.3 Å². The highest BCUT2D eigenvalue weighted by atomic mass is 16.5. The number of amides is 2. The summed E-state index contributed by atoms with van der Waals surface area (Å²) in [4.78, 5) is 28.8. The van der Waals surface area contributed by atoms with Crippen LogP contribution in [-0.2, 0) is 11.2 Å². The van der Waals surface area contributed by atoms with Gasteiger partial charge < -0.3 is 21.5 Å². The van der Waals surface area contributed by atoms with E-state index in [0.717, 1.165) is 18.7 Å². The lowest BCUT2D eigenvalue weighted by atomic mass is 9.92. The Hall–Kier alpha value is -2.77. The maximum absolute atomic E-state index is 12.2. The van der Waals surface area contributed by atoms with Crippen molar-refractivity contribution in [2.45, 2.75) is 31.8 Å². The van der Waals surface area contributed by atoms with Crippen molar-refractivity contribution in [1.82, 2.24) is 10.3 Å². The van der Waals surface area contributed by atoms with Crippen molar-refractivity contribution < 1.29 is 14.3 Å². The molecule has 5 N–H and O–H groups in total. The lowest BCUT2D eigenvalue weighted by Gasteiger charge is -2.24. The number of carbonyl (C=O) groups is 2. The first-order chi connectivity index (χ1) is 13.5. The first kappa shape index (κ1) is 20.0. The minimum Gasteiger partial charge on any atom is -0.376 e. The lowest BCUT2D eigenvalue weighted by molar-refractivity contribution is 0.0237. The van der Waals surface area contributed by atoms with E-state index in [2.05, 4.69) is 10.3 Å². The predicted octanol–water partition coefficient (Wildman–Crippen LogP) is 1.35. The largest absolute Gasteiger partial charge is 0.376 e. The topological polar surface area (TPSA) is 120 Å². The third kappa shape index (κ3) is 4.55. The summed E-state index contributed by atoms with van der Waals surface area (Å²) in [6.45, 7) is 4.16. The van der Waals surface area contributed by atoms with Crippen LogP contribution in [0, 0.1) is 0 Å². The van der Waals surface area contributed by atoms with Gasteiger partial charge in [-0.25, -0.2) is 4.98 Å². The molecule has 2 heterocycles. The number of primary amides is 2. The summed E-state index contributed by atoms with van der Waals surface area (Å²) >= 11 is 0. The minimum absolute atomic E-state index is 0.0121. The van der Waals surface area contributed by atoms with E-state index in [1.165, 1.54) is 0 Å². The van der Waals surface area contributed by atoms with Crippen LogP contribution in [0.1, 0.15) is 56.9 Å². The fourth-order valence-corrected chi connectivity index (χ4v) is 3.51. The van der Waals surface area contributed by atoms with Crippen LogP contribution >= 0.6 is 0 Å². The number of aromatic nitrogens is 1. The summed E-state index contributed by atoms with van der Waals surface area (Å²) in [5, 5.41) is 3.26. The number of hydrogen-bond acceptors (Lipinski definition) is 5. The van der Waals surface area contributed by atoms with Gasteiger partial charge in [0.2, 0.25) is 5.91 Å². The summed E-state index contributed by atoms with van der Waals surface area (Å²) in [5.74, 6) is -1.37. The number of nitrogens with two attached hydrogens (primary N) is 2. The average Bonchev–Trinajstić information content (AvgIpc) is 2.72. The van der Waals surface area contributed by atoms with Crippen molar-refractivity contribution in [1.29, 1.82) is 0 Å². The molecule has 1 aliphatic rings. The number of hydrogen-bond donors (Lipinski definition) is 3. The van der Waals surface area contributed by atoms with E-state index in [4.69, 9.17) is 16.2 Å². The molecule has 0 bridgehead atoms. The second kappa shape index (κ2) is 8.95. The van der Waals surface area contributed by atoms with Crippen LogP contribution in [0.15, 0.2) is 36.4 Å². The Balaban J connectivity index is 1.96. The molecule has 28 heavy (non-hydrogen) atoms. The monoisotopic (exact) mass is 382 g/mol. The van der Waals surface area contributed by atoms with E-state index < -0.39 is 11.8 Å². The number of carbonyl (C=O) groups excluding carboxylic acids is 2. The summed E-state index contributed by atoms with van der Waals surface area (Å²) in [7, 11) is 0. The number of morpholine rings is 1. The van der Waals surface area contributed by atoms with E-state index in [1.54, 1.807) is 6.07 Å². The third-order valence-corrected chi connectivity index (χ3v) is 5.11. The van der Waals surface area contributed by atoms with Crippen LogP contribution in [-0.4, -0.2) is 42.6 Å². The van der Waals surface area contributed by atoms with Crippen LogP contribution < -0.4 is 16.8 Å². The van der Waals surface area contributed by atoms with Crippen LogP contribution in [0.5, 0.6) is 0 Å². The molecule has 0 spiro atoms. The van der Waals surface area contributed by atoms with E-state index >= 15 is 0 Å². The molecule has 0 saturated carbocycles. The van der Waals surface area contributed by atoms with Crippen molar-refractivity contribution in [2.24, 2.45) is 11.5 Å². The average molecular weight is 382 g/mol. The van der Waals surface area contributed by atoms with Crippen molar-refractivity contribution in [2.75, 3.05) is 19.7 Å². The predicted molar refractivity (Wildman–Crippen MR) is 106 cm³/mol. The van der Waals surface area contributed by atoms with Gasteiger partial charge in [0, 0.05) is 30.3 Å². The third-order valence-electron chi connectivity index (χ3n) is 5.11. The molecule has 0 radical (unpaired) electrons. The Kier molecular flexibility index (Phi) is 6.38. The van der Waals surface area contributed by atoms with Gasteiger partial charge in [-0.1, -0.05) is 37.3 Å². The number of nitrogens with zero attached hydrogens (tertiary/aromatic N) is 1. The summed E-state index contributed by atoms with van der Waals surface area (Å²) < 4.78 is 5.70. The molecule has 1 saturated heterocycles. The molecular formula is C21H26N4O3. The number of nitrogens with one attached hydrogen (secondary N) is 1. The van der Waals surface area contributed by atoms with Crippen LogP contribution in [0.2, 0.25) is 0 Å². The molecule has 7 nitrogen and oxygen atoms in total. The lowest BCUT2D eigenvalue weighted by Crippen LogP contribution is -2.38. The number of rotatable bonds is 7. The summed E-state index contributed by atoms with van der Waals surface area (Å²) in [6.07, 6.45) is 1.09. The molecule has 2 aromatic rings. The molecular weight excluding hydrogens is 356 g/mol. The van der Waals surface area contributed by atoms with Gasteiger partial charge in [0.25, 0.3) is 5.91 Å². The minimum atomic E-state index is -0.665. The molecule has 148 valence electrons. The number of ether oxygens (including phenoxy) is 1. The van der Waals surface area contributed by atoms with Gasteiger partial charge in [0.15, 0.2) is 0 Å². The van der Waals surface area contributed by atoms with E-state index in [9.17, 15) is 9.59 Å². The van der Waals surface area contributed by atoms with Gasteiger partial charge in [0.1, 0.15) is 5.69 Å². The van der Waals surface area contributed by atoms with E-state index in [-0.39, 0.29) is 17.7 Å². The highest BCUT2D eigenvalue weighted by Crippen LogP contribution is 2.26. The van der Waals surface area contributed by atoms with Crippen molar-refractivity contribution >= 4 is 11.8 Å². The zero-order chi connectivity index (χ0) is 20.1. The standard InChI is InChI=1S/C21H26N4O3/c1-13(14-5-3-2-4-6-14)18-11-17(20(22)26)16(19(25-18)21(23)27)8-7-15-12-24-9-10-28-15/h2-6,11,13,15,24H,7-10,12H2,1H3,(H2,22,26)(H2,23,27)/t13-,15+/m1/s1. The van der Waals surface area contributed by atoms with Gasteiger partial charge in [-0.3, -0.25) is 9.59 Å². The van der Waals surface area contributed by atoms with Gasteiger partial charge in [0.05, 0.1) is 12.7 Å². The maximum Gasteiger partial charge on any atom is 0.267 e. The molecule has 1 aliphatic heterocycles. The molecule has 0 aliphatic carbocycles. The van der Waals surface area contributed by atoms with Crippen molar-refractivity contribution in [3.63, 3.8) is 0 Å². The van der Waals surface area contributed by atoms with Gasteiger partial charge in [-0.2, -0.15) is 0 Å². The maximum atomic E-state index is 12.2. The second-order valence-corrected chi connectivity index (χ2v) is 7.02. The van der Waals surface area contributed by atoms with Gasteiger partial charge >= 0.3 is 0 Å². The first-order valence-corrected chi connectivity index (χ1v) is 9.48. The molecule has 3 rings (SSSR count). The van der Waals surface area contributed by atoms with Crippen LogP contribution in [0.4, 0.5) is 0 Å². The molecule has 0 unspecified atom stereocenters. The molecule has 2 atom stereocenters. The molecule has 1 aromatic carbocycles.